The van der Waals surface area contributed by atoms with Crippen molar-refractivity contribution in [3.8, 4) is 6.07 Å². The third-order valence-electron chi connectivity index (χ3n) is 4.49. The first-order chi connectivity index (χ1) is 11.5. The van der Waals surface area contributed by atoms with E-state index < -0.39 is 0 Å². The number of hydrogen-bond acceptors (Lipinski definition) is 2. The van der Waals surface area contributed by atoms with Crippen LogP contribution in [0.3, 0.4) is 0 Å². The number of para-hydroxylation sites is 1. The van der Waals surface area contributed by atoms with Gasteiger partial charge < -0.3 is 9.88 Å². The number of benzene rings is 1. The molecule has 0 saturated heterocycles. The second-order valence-electron chi connectivity index (χ2n) is 6.37. The first-order valence-corrected chi connectivity index (χ1v) is 8.18. The molecule has 1 amide bonds. The normalized spacial score (nSPS) is 14.3. The maximum Gasteiger partial charge on any atom is 0.266 e. The van der Waals surface area contributed by atoms with Crippen LogP contribution in [0.15, 0.2) is 35.9 Å². The molecule has 1 aliphatic carbocycles. The molecular weight excluding hydrogens is 298 g/mol. The third kappa shape index (κ3) is 3.11. The molecule has 1 heterocycles. The SMILES string of the molecule is Cc1ccccc1NC(=O)/C(C#N)=C/c1cc(C)n(C2CC2)c1C. The summed E-state index contributed by atoms with van der Waals surface area (Å²) in [6.45, 7) is 6.04. The van der Waals surface area contributed by atoms with Gasteiger partial charge in [-0.25, -0.2) is 0 Å². The van der Waals surface area contributed by atoms with Gasteiger partial charge in [-0.2, -0.15) is 5.26 Å². The maximum atomic E-state index is 12.4. The Hall–Kier alpha value is -2.80. The van der Waals surface area contributed by atoms with Gasteiger partial charge in [0.2, 0.25) is 0 Å². The molecule has 1 aromatic heterocycles. The van der Waals surface area contributed by atoms with Crippen molar-refractivity contribution in [3.63, 3.8) is 0 Å². The molecular formula is C20H21N3O. The number of rotatable bonds is 4. The van der Waals surface area contributed by atoms with E-state index in [2.05, 4.69) is 16.8 Å². The zero-order valence-electron chi connectivity index (χ0n) is 14.3. The number of nitrogens with one attached hydrogen (secondary N) is 1. The van der Waals surface area contributed by atoms with E-state index >= 15 is 0 Å². The summed E-state index contributed by atoms with van der Waals surface area (Å²) in [5, 5.41) is 12.2. The minimum absolute atomic E-state index is 0.120. The van der Waals surface area contributed by atoms with Crippen LogP contribution in [0.25, 0.3) is 6.08 Å². The Balaban J connectivity index is 1.87. The Labute approximate surface area is 142 Å². The van der Waals surface area contributed by atoms with Crippen molar-refractivity contribution in [3.05, 3.63) is 58.4 Å². The maximum absolute atomic E-state index is 12.4. The number of amides is 1. The first-order valence-electron chi connectivity index (χ1n) is 8.18. The molecule has 0 radical (unpaired) electrons. The fraction of sp³-hybridized carbons (Fsp3) is 0.300. The highest BCUT2D eigenvalue weighted by molar-refractivity contribution is 6.10. The molecule has 1 aromatic carbocycles. The molecule has 0 bridgehead atoms. The summed E-state index contributed by atoms with van der Waals surface area (Å²) in [7, 11) is 0. The Morgan fingerprint density at radius 3 is 2.62 bits per heavy atom. The Bertz CT molecular complexity index is 863. The predicted molar refractivity (Wildman–Crippen MR) is 95.6 cm³/mol. The van der Waals surface area contributed by atoms with E-state index in [0.29, 0.717) is 6.04 Å². The van der Waals surface area contributed by atoms with Crippen LogP contribution in [0, 0.1) is 32.1 Å². The Morgan fingerprint density at radius 1 is 1.29 bits per heavy atom. The zero-order valence-corrected chi connectivity index (χ0v) is 14.3. The number of aryl methyl sites for hydroxylation is 2. The number of anilines is 1. The summed E-state index contributed by atoms with van der Waals surface area (Å²) in [5.74, 6) is -0.372. The van der Waals surface area contributed by atoms with Crippen LogP contribution in [-0.2, 0) is 4.79 Å². The number of hydrogen-bond donors (Lipinski definition) is 1. The summed E-state index contributed by atoms with van der Waals surface area (Å²) >= 11 is 0. The highest BCUT2D eigenvalue weighted by Gasteiger charge is 2.26. The molecule has 1 saturated carbocycles. The van der Waals surface area contributed by atoms with Crippen LogP contribution in [0.5, 0.6) is 0 Å². The van der Waals surface area contributed by atoms with Crippen molar-refractivity contribution in [2.45, 2.75) is 39.7 Å². The molecule has 4 heteroatoms. The molecule has 1 aliphatic rings. The van der Waals surface area contributed by atoms with E-state index in [0.717, 1.165) is 22.5 Å². The molecule has 4 nitrogen and oxygen atoms in total. The van der Waals surface area contributed by atoms with Gasteiger partial charge in [0.25, 0.3) is 5.91 Å². The number of nitrogens with zero attached hydrogens (tertiary/aromatic N) is 2. The van der Waals surface area contributed by atoms with Gasteiger partial charge in [0.1, 0.15) is 11.6 Å². The van der Waals surface area contributed by atoms with Crippen LogP contribution in [0.1, 0.15) is 41.4 Å². The molecule has 0 unspecified atom stereocenters. The van der Waals surface area contributed by atoms with Crippen LogP contribution >= 0.6 is 0 Å². The minimum atomic E-state index is -0.372. The van der Waals surface area contributed by atoms with E-state index in [1.54, 1.807) is 6.08 Å². The monoisotopic (exact) mass is 319 g/mol. The molecule has 2 aromatic rings. The van der Waals surface area contributed by atoms with E-state index in [9.17, 15) is 10.1 Å². The van der Waals surface area contributed by atoms with E-state index in [-0.39, 0.29) is 11.5 Å². The average molecular weight is 319 g/mol. The number of carbonyl (C=O) groups is 1. The summed E-state index contributed by atoms with van der Waals surface area (Å²) < 4.78 is 2.31. The molecule has 1 fully saturated rings. The molecule has 0 spiro atoms. The Morgan fingerprint density at radius 2 is 2.00 bits per heavy atom. The quantitative estimate of drug-likeness (QED) is 0.675. The molecule has 3 rings (SSSR count). The van der Waals surface area contributed by atoms with E-state index in [1.165, 1.54) is 18.5 Å². The summed E-state index contributed by atoms with van der Waals surface area (Å²) in [6.07, 6.45) is 4.10. The third-order valence-corrected chi connectivity index (χ3v) is 4.49. The van der Waals surface area contributed by atoms with Crippen LogP contribution in [0.2, 0.25) is 0 Å². The predicted octanol–water partition coefficient (Wildman–Crippen LogP) is 4.29. The standard InChI is InChI=1S/C20H21N3O/c1-13-6-4-5-7-19(13)22-20(24)17(12-21)11-16-10-14(2)23(15(16)3)18-8-9-18/h4-7,10-11,18H,8-9H2,1-3H3,(H,22,24)/b17-11+. The molecule has 1 N–H and O–H groups in total. The summed E-state index contributed by atoms with van der Waals surface area (Å²) in [6, 6.07) is 12.2. The van der Waals surface area contributed by atoms with Gasteiger partial charge in [-0.15, -0.1) is 0 Å². The number of nitriles is 1. The lowest BCUT2D eigenvalue weighted by atomic mass is 10.1. The minimum Gasteiger partial charge on any atom is -0.346 e. The summed E-state index contributed by atoms with van der Waals surface area (Å²) in [5.41, 5.74) is 5.05. The van der Waals surface area contributed by atoms with Gasteiger partial charge in [0.05, 0.1) is 0 Å². The van der Waals surface area contributed by atoms with Gasteiger partial charge in [0.15, 0.2) is 0 Å². The van der Waals surface area contributed by atoms with E-state index in [4.69, 9.17) is 0 Å². The second kappa shape index (κ2) is 6.37. The lowest BCUT2D eigenvalue weighted by Gasteiger charge is -2.08. The van der Waals surface area contributed by atoms with Gasteiger partial charge >= 0.3 is 0 Å². The van der Waals surface area contributed by atoms with Gasteiger partial charge in [-0.3, -0.25) is 4.79 Å². The van der Waals surface area contributed by atoms with Crippen LogP contribution in [0.4, 0.5) is 5.69 Å². The molecule has 24 heavy (non-hydrogen) atoms. The topological polar surface area (TPSA) is 57.8 Å². The van der Waals surface area contributed by atoms with E-state index in [1.807, 2.05) is 50.2 Å². The second-order valence-corrected chi connectivity index (χ2v) is 6.37. The largest absolute Gasteiger partial charge is 0.346 e. The van der Waals surface area contributed by atoms with Crippen molar-refractivity contribution in [2.75, 3.05) is 5.32 Å². The van der Waals surface area contributed by atoms with Crippen LogP contribution in [-0.4, -0.2) is 10.5 Å². The van der Waals surface area contributed by atoms with Gasteiger partial charge in [-0.1, -0.05) is 18.2 Å². The first kappa shape index (κ1) is 16.1. The van der Waals surface area contributed by atoms with Crippen molar-refractivity contribution < 1.29 is 4.79 Å². The highest BCUT2D eigenvalue weighted by Crippen LogP contribution is 2.38. The number of aromatic nitrogens is 1. The molecule has 122 valence electrons. The highest BCUT2D eigenvalue weighted by atomic mass is 16.1. The van der Waals surface area contributed by atoms with Crippen molar-refractivity contribution >= 4 is 17.7 Å². The fourth-order valence-corrected chi connectivity index (χ4v) is 3.05. The summed E-state index contributed by atoms with van der Waals surface area (Å²) in [4.78, 5) is 12.4. The van der Waals surface area contributed by atoms with Crippen molar-refractivity contribution in [1.82, 2.24) is 4.57 Å². The fourth-order valence-electron chi connectivity index (χ4n) is 3.05. The lowest BCUT2D eigenvalue weighted by Crippen LogP contribution is -2.14. The molecule has 0 aliphatic heterocycles. The molecule has 0 atom stereocenters. The Kier molecular flexibility index (Phi) is 4.26. The zero-order chi connectivity index (χ0) is 17.3. The van der Waals surface area contributed by atoms with Crippen LogP contribution < -0.4 is 5.32 Å². The van der Waals surface area contributed by atoms with Gasteiger partial charge in [-0.05, 0) is 62.9 Å². The number of carbonyl (C=O) groups excluding carboxylic acids is 1. The average Bonchev–Trinajstić information content (AvgIpc) is 3.34. The van der Waals surface area contributed by atoms with Gasteiger partial charge in [0, 0.05) is 23.1 Å². The van der Waals surface area contributed by atoms with Crippen molar-refractivity contribution in [2.24, 2.45) is 0 Å². The van der Waals surface area contributed by atoms with Crippen molar-refractivity contribution in [1.29, 1.82) is 5.26 Å². The smallest absolute Gasteiger partial charge is 0.266 e. The lowest BCUT2D eigenvalue weighted by molar-refractivity contribution is -0.112.